The average Bonchev–Trinajstić information content (AvgIpc) is 2.63. The summed E-state index contributed by atoms with van der Waals surface area (Å²) in [7, 11) is 0. The van der Waals surface area contributed by atoms with Gasteiger partial charge in [-0.15, -0.1) is 5.48 Å². The van der Waals surface area contributed by atoms with Gasteiger partial charge in [-0.05, 0) is 68.5 Å². The summed E-state index contributed by atoms with van der Waals surface area (Å²) in [5.74, 6) is 0.105. The number of rotatable bonds is 8. The summed E-state index contributed by atoms with van der Waals surface area (Å²) in [6.07, 6.45) is 0.558. The van der Waals surface area contributed by atoms with E-state index in [4.69, 9.17) is 9.57 Å². The van der Waals surface area contributed by atoms with E-state index in [9.17, 15) is 14.9 Å². The first-order valence-electron chi connectivity index (χ1n) is 8.65. The lowest BCUT2D eigenvalue weighted by atomic mass is 10.0. The molecule has 7 nitrogen and oxygen atoms in total. The highest BCUT2D eigenvalue weighted by Crippen LogP contribution is 2.21. The van der Waals surface area contributed by atoms with Crippen LogP contribution >= 0.6 is 0 Å². The van der Waals surface area contributed by atoms with Crippen LogP contribution < -0.4 is 10.2 Å². The fraction of sp³-hybridized carbons (Fsp3) is 0.350. The molecule has 27 heavy (non-hydrogen) atoms. The van der Waals surface area contributed by atoms with Crippen molar-refractivity contribution in [1.82, 2.24) is 5.48 Å². The normalized spacial score (nSPS) is 11.7. The third-order valence-electron chi connectivity index (χ3n) is 4.32. The number of nitrogens with one attached hydrogen (secondary N) is 1. The van der Waals surface area contributed by atoms with Crippen molar-refractivity contribution in [3.63, 3.8) is 0 Å². The largest absolute Gasteiger partial charge is 0.482 e. The van der Waals surface area contributed by atoms with E-state index in [1.165, 1.54) is 17.7 Å². The lowest BCUT2D eigenvalue weighted by molar-refractivity contribution is -0.384. The molecule has 1 N–H and O–H groups in total. The van der Waals surface area contributed by atoms with Gasteiger partial charge in [-0.25, -0.2) is 4.79 Å². The number of aryl methyl sites for hydroxylation is 2. The number of hydrogen-bond donors (Lipinski definition) is 1. The van der Waals surface area contributed by atoms with Gasteiger partial charge in [0.2, 0.25) is 0 Å². The molecule has 0 aliphatic heterocycles. The van der Waals surface area contributed by atoms with Crippen molar-refractivity contribution in [1.29, 1.82) is 0 Å². The molecule has 0 aliphatic rings. The number of ether oxygens (including phenoxy) is 1. The van der Waals surface area contributed by atoms with E-state index in [1.54, 1.807) is 12.1 Å². The van der Waals surface area contributed by atoms with Crippen LogP contribution in [0.25, 0.3) is 0 Å². The summed E-state index contributed by atoms with van der Waals surface area (Å²) in [5.41, 5.74) is 7.03. The Morgan fingerprint density at radius 2 is 1.74 bits per heavy atom. The Bertz CT molecular complexity index is 795. The number of non-ortho nitro benzene ring substituents is 1. The molecule has 0 bridgehead atoms. The number of nitro benzene ring substituents is 1. The predicted molar refractivity (Wildman–Crippen MR) is 102 cm³/mol. The van der Waals surface area contributed by atoms with Gasteiger partial charge in [0.1, 0.15) is 5.75 Å². The maximum atomic E-state index is 11.8. The highest BCUT2D eigenvalue weighted by molar-refractivity contribution is 5.70. The van der Waals surface area contributed by atoms with Gasteiger partial charge in [-0.1, -0.05) is 12.1 Å². The average molecular weight is 372 g/mol. The minimum absolute atomic E-state index is 0.0458. The molecule has 0 saturated heterocycles. The molecule has 0 spiro atoms. The summed E-state index contributed by atoms with van der Waals surface area (Å²) >= 11 is 0. The smallest absolute Gasteiger partial charge is 0.362 e. The van der Waals surface area contributed by atoms with E-state index >= 15 is 0 Å². The Morgan fingerprint density at radius 3 is 2.30 bits per heavy atom. The molecule has 7 heteroatoms. The highest BCUT2D eigenvalue weighted by Gasteiger charge is 2.11. The van der Waals surface area contributed by atoms with Gasteiger partial charge in [0.15, 0.2) is 6.61 Å². The fourth-order valence-electron chi connectivity index (χ4n) is 2.57. The van der Waals surface area contributed by atoms with Gasteiger partial charge in [-0.2, -0.15) is 0 Å². The fourth-order valence-corrected chi connectivity index (χ4v) is 2.57. The quantitative estimate of drug-likeness (QED) is 0.563. The van der Waals surface area contributed by atoms with Crippen LogP contribution in [0.15, 0.2) is 36.4 Å². The first-order valence-corrected chi connectivity index (χ1v) is 8.65. The number of benzene rings is 2. The molecule has 1 atom stereocenters. The van der Waals surface area contributed by atoms with Crippen LogP contribution in [0.5, 0.6) is 5.75 Å². The first kappa shape index (κ1) is 20.4. The van der Waals surface area contributed by atoms with E-state index in [-0.39, 0.29) is 18.3 Å². The van der Waals surface area contributed by atoms with Gasteiger partial charge in [-0.3, -0.25) is 10.1 Å². The Balaban J connectivity index is 1.77. The highest BCUT2D eigenvalue weighted by atomic mass is 16.7. The Labute approximate surface area is 158 Å². The summed E-state index contributed by atoms with van der Waals surface area (Å²) in [6, 6.07) is 9.90. The van der Waals surface area contributed by atoms with Crippen LogP contribution in [0.1, 0.15) is 29.2 Å². The summed E-state index contributed by atoms with van der Waals surface area (Å²) in [4.78, 5) is 27.1. The standard InChI is InChI=1S/C20H24N2O5/c1-13-9-19(10-14(2)16(13)4)26-12-20(23)27-21-15(3)11-17-5-7-18(8-6-17)22(24)25/h5-10,15,21H,11-12H2,1-4H3/t15-/m1/s1. The minimum atomic E-state index is -0.526. The van der Waals surface area contributed by atoms with Gasteiger partial charge < -0.3 is 9.57 Å². The van der Waals surface area contributed by atoms with E-state index in [2.05, 4.69) is 5.48 Å². The molecule has 0 aromatic heterocycles. The molecule has 0 amide bonds. The van der Waals surface area contributed by atoms with Crippen molar-refractivity contribution in [2.45, 2.75) is 40.2 Å². The second-order valence-corrected chi connectivity index (χ2v) is 6.59. The number of hydrogen-bond acceptors (Lipinski definition) is 6. The summed E-state index contributed by atoms with van der Waals surface area (Å²) in [6.45, 7) is 7.68. The Morgan fingerprint density at radius 1 is 1.15 bits per heavy atom. The molecule has 0 aliphatic carbocycles. The monoisotopic (exact) mass is 372 g/mol. The van der Waals surface area contributed by atoms with Crippen LogP contribution in [0.3, 0.4) is 0 Å². The molecule has 144 valence electrons. The number of carbonyl (C=O) groups is 1. The zero-order chi connectivity index (χ0) is 20.0. The van der Waals surface area contributed by atoms with Crippen LogP contribution in [-0.4, -0.2) is 23.5 Å². The first-order chi connectivity index (χ1) is 12.8. The lowest BCUT2D eigenvalue weighted by Gasteiger charge is -2.14. The van der Waals surface area contributed by atoms with Crippen molar-refractivity contribution in [2.24, 2.45) is 0 Å². The van der Waals surface area contributed by atoms with Crippen LogP contribution in [0.4, 0.5) is 5.69 Å². The van der Waals surface area contributed by atoms with Crippen LogP contribution in [0.2, 0.25) is 0 Å². The molecule has 0 saturated carbocycles. The molecule has 0 unspecified atom stereocenters. The van der Waals surface area contributed by atoms with E-state index in [0.717, 1.165) is 16.7 Å². The zero-order valence-electron chi connectivity index (χ0n) is 15.9. The predicted octanol–water partition coefficient (Wildman–Crippen LogP) is 3.58. The molecular weight excluding hydrogens is 348 g/mol. The van der Waals surface area contributed by atoms with E-state index < -0.39 is 10.9 Å². The van der Waals surface area contributed by atoms with Crippen LogP contribution in [-0.2, 0) is 16.1 Å². The number of carbonyl (C=O) groups excluding carboxylic acids is 1. The second-order valence-electron chi connectivity index (χ2n) is 6.59. The zero-order valence-corrected chi connectivity index (χ0v) is 15.9. The number of nitrogens with zero attached hydrogens (tertiary/aromatic N) is 1. The third kappa shape index (κ3) is 6.07. The van der Waals surface area contributed by atoms with Crippen molar-refractivity contribution in [3.8, 4) is 5.75 Å². The summed E-state index contributed by atoms with van der Waals surface area (Å²) in [5, 5.41) is 10.7. The lowest BCUT2D eigenvalue weighted by Crippen LogP contribution is -2.32. The number of hydroxylamine groups is 1. The molecule has 0 radical (unpaired) electrons. The van der Waals surface area contributed by atoms with Crippen LogP contribution in [0, 0.1) is 30.9 Å². The van der Waals surface area contributed by atoms with Crippen molar-refractivity contribution in [3.05, 3.63) is 68.8 Å². The second kappa shape index (κ2) is 9.14. The maximum absolute atomic E-state index is 11.8. The molecule has 0 heterocycles. The third-order valence-corrected chi connectivity index (χ3v) is 4.32. The number of nitro groups is 1. The van der Waals surface area contributed by atoms with Crippen molar-refractivity contribution >= 4 is 11.7 Å². The van der Waals surface area contributed by atoms with E-state index in [0.29, 0.717) is 12.2 Å². The topological polar surface area (TPSA) is 90.7 Å². The molecule has 0 fully saturated rings. The molecule has 2 rings (SSSR count). The Kier molecular flexibility index (Phi) is 6.90. The van der Waals surface area contributed by atoms with Gasteiger partial charge in [0.05, 0.1) is 4.92 Å². The molecular formula is C20H24N2O5. The molecule has 2 aromatic carbocycles. The maximum Gasteiger partial charge on any atom is 0.362 e. The Hall–Kier alpha value is -2.93. The minimum Gasteiger partial charge on any atom is -0.482 e. The van der Waals surface area contributed by atoms with Gasteiger partial charge >= 0.3 is 5.97 Å². The summed E-state index contributed by atoms with van der Waals surface area (Å²) < 4.78 is 5.49. The van der Waals surface area contributed by atoms with Gasteiger partial charge in [0, 0.05) is 18.2 Å². The van der Waals surface area contributed by atoms with E-state index in [1.807, 2.05) is 39.8 Å². The van der Waals surface area contributed by atoms with Crippen molar-refractivity contribution in [2.75, 3.05) is 6.61 Å². The van der Waals surface area contributed by atoms with Crippen molar-refractivity contribution < 1.29 is 19.3 Å². The van der Waals surface area contributed by atoms with Gasteiger partial charge in [0.25, 0.3) is 5.69 Å². The SMILES string of the molecule is Cc1cc(OCC(=O)ON[C@H](C)Cc2ccc([N+](=O)[O-])cc2)cc(C)c1C. The molecule has 2 aromatic rings.